The molecule has 2 aliphatic rings. The van der Waals surface area contributed by atoms with Crippen molar-refractivity contribution >= 4 is 21.9 Å². The largest absolute Gasteiger partial charge is 0.469 e. The summed E-state index contributed by atoms with van der Waals surface area (Å²) < 4.78 is 32.8. The molecular weight excluding hydrogens is 464 g/mol. The Labute approximate surface area is 207 Å². The number of ether oxygens (including phenoxy) is 1. The molecule has 1 aliphatic heterocycles. The number of benzene rings is 2. The zero-order valence-electron chi connectivity index (χ0n) is 20.5. The summed E-state index contributed by atoms with van der Waals surface area (Å²) in [4.78, 5) is 25.4. The second-order valence-electron chi connectivity index (χ2n) is 9.57. The summed E-state index contributed by atoms with van der Waals surface area (Å²) in [7, 11) is -2.27. The van der Waals surface area contributed by atoms with Crippen molar-refractivity contribution in [3.63, 3.8) is 0 Å². The Morgan fingerprint density at radius 3 is 2.34 bits per heavy atom. The van der Waals surface area contributed by atoms with E-state index in [1.165, 1.54) is 17.0 Å². The van der Waals surface area contributed by atoms with Crippen LogP contribution in [-0.2, 0) is 37.2 Å². The summed E-state index contributed by atoms with van der Waals surface area (Å²) >= 11 is 0. The number of methoxy groups -OCH3 is 1. The van der Waals surface area contributed by atoms with Crippen LogP contribution in [0.15, 0.2) is 47.4 Å². The predicted octanol–water partition coefficient (Wildman–Crippen LogP) is 3.70. The molecule has 0 aromatic heterocycles. The van der Waals surface area contributed by atoms with Crippen LogP contribution in [0.4, 0.5) is 0 Å². The number of hydrogen-bond donors (Lipinski definition) is 1. The minimum Gasteiger partial charge on any atom is -0.469 e. The van der Waals surface area contributed by atoms with Crippen LogP contribution in [0.5, 0.6) is 0 Å². The molecule has 1 aliphatic carbocycles. The van der Waals surface area contributed by atoms with E-state index in [-0.39, 0.29) is 18.2 Å². The van der Waals surface area contributed by atoms with Crippen molar-refractivity contribution in [2.75, 3.05) is 20.2 Å². The van der Waals surface area contributed by atoms with Crippen LogP contribution in [0.25, 0.3) is 0 Å². The maximum absolute atomic E-state index is 13.3. The van der Waals surface area contributed by atoms with Crippen molar-refractivity contribution in [2.24, 2.45) is 5.92 Å². The lowest BCUT2D eigenvalue weighted by molar-refractivity contribution is -0.141. The lowest BCUT2D eigenvalue weighted by atomic mass is 9.92. The number of esters is 1. The van der Waals surface area contributed by atoms with E-state index in [0.29, 0.717) is 30.8 Å². The molecule has 1 saturated heterocycles. The summed E-state index contributed by atoms with van der Waals surface area (Å²) in [5.74, 6) is -0.872. The van der Waals surface area contributed by atoms with Gasteiger partial charge in [0, 0.05) is 19.0 Å². The highest BCUT2D eigenvalue weighted by Gasteiger charge is 2.33. The zero-order valence-corrected chi connectivity index (χ0v) is 21.3. The normalized spacial score (nSPS) is 17.9. The van der Waals surface area contributed by atoms with E-state index in [0.717, 1.165) is 42.4 Å². The summed E-state index contributed by atoms with van der Waals surface area (Å²) in [6, 6.07) is 12.7. The summed E-state index contributed by atoms with van der Waals surface area (Å²) in [6.45, 7) is 2.57. The number of rotatable bonds is 7. The van der Waals surface area contributed by atoms with Gasteiger partial charge in [-0.3, -0.25) is 9.59 Å². The number of carbonyl (C=O) groups is 2. The van der Waals surface area contributed by atoms with Crippen LogP contribution in [0.3, 0.4) is 0 Å². The Morgan fingerprint density at radius 1 is 1.03 bits per heavy atom. The molecule has 7 nitrogen and oxygen atoms in total. The number of carbonyl (C=O) groups excluding carboxylic acids is 2. The van der Waals surface area contributed by atoms with Crippen molar-refractivity contribution in [1.29, 1.82) is 0 Å². The van der Waals surface area contributed by atoms with E-state index in [2.05, 4.69) is 5.32 Å². The minimum atomic E-state index is -3.59. The second-order valence-corrected chi connectivity index (χ2v) is 11.5. The number of fused-ring (bicyclic) bond motifs is 1. The molecule has 2 aromatic rings. The molecule has 1 atom stereocenters. The van der Waals surface area contributed by atoms with Gasteiger partial charge in [0.15, 0.2) is 0 Å². The van der Waals surface area contributed by atoms with Gasteiger partial charge in [-0.25, -0.2) is 8.42 Å². The van der Waals surface area contributed by atoms with Gasteiger partial charge in [0.05, 0.1) is 24.5 Å². The molecule has 35 heavy (non-hydrogen) atoms. The van der Waals surface area contributed by atoms with Crippen molar-refractivity contribution in [2.45, 2.75) is 62.8 Å². The molecule has 0 bridgehead atoms. The lowest BCUT2D eigenvalue weighted by Crippen LogP contribution is -2.44. The quantitative estimate of drug-likeness (QED) is 0.588. The van der Waals surface area contributed by atoms with Crippen LogP contribution in [-0.4, -0.2) is 44.8 Å². The first kappa shape index (κ1) is 25.4. The van der Waals surface area contributed by atoms with Crippen LogP contribution in [0, 0.1) is 12.8 Å². The minimum absolute atomic E-state index is 0.0385. The molecule has 188 valence electrons. The molecule has 1 amide bonds. The predicted molar refractivity (Wildman–Crippen MR) is 133 cm³/mol. The van der Waals surface area contributed by atoms with E-state index >= 15 is 0 Å². The summed E-state index contributed by atoms with van der Waals surface area (Å²) in [5, 5.41) is 3.00. The fourth-order valence-electron chi connectivity index (χ4n) is 4.97. The Morgan fingerprint density at radius 2 is 1.69 bits per heavy atom. The van der Waals surface area contributed by atoms with Gasteiger partial charge in [-0.15, -0.1) is 0 Å². The average Bonchev–Trinajstić information content (AvgIpc) is 2.88. The van der Waals surface area contributed by atoms with Crippen LogP contribution >= 0.6 is 0 Å². The molecule has 1 unspecified atom stereocenters. The third-order valence-corrected chi connectivity index (χ3v) is 9.07. The first-order chi connectivity index (χ1) is 16.8. The summed E-state index contributed by atoms with van der Waals surface area (Å²) in [6.07, 6.45) is 5.10. The molecule has 1 fully saturated rings. The van der Waals surface area contributed by atoms with E-state index in [4.69, 9.17) is 4.74 Å². The SMILES string of the molecule is COC(=O)CC(NC(=O)C1CCN(S(=O)(=O)c2ccc3c(c2)CCCC3)CC1)c1ccc(C)cc1. The fourth-order valence-corrected chi connectivity index (χ4v) is 6.49. The molecule has 8 heteroatoms. The molecule has 0 spiro atoms. The second kappa shape index (κ2) is 10.9. The fraction of sp³-hybridized carbons (Fsp3) is 0.481. The third-order valence-electron chi connectivity index (χ3n) is 7.18. The molecule has 4 rings (SSSR count). The van der Waals surface area contributed by atoms with Gasteiger partial charge in [0.1, 0.15) is 0 Å². The Bertz CT molecular complexity index is 1170. The van der Waals surface area contributed by atoms with Gasteiger partial charge in [-0.2, -0.15) is 4.31 Å². The average molecular weight is 499 g/mol. The van der Waals surface area contributed by atoms with Gasteiger partial charge in [-0.05, 0) is 74.3 Å². The smallest absolute Gasteiger partial charge is 0.307 e. The Kier molecular flexibility index (Phi) is 7.91. The molecule has 0 saturated carbocycles. The standard InChI is InChI=1S/C27H34N2O5S/c1-19-7-9-21(10-8-19)25(18-26(30)34-2)28-27(31)22-13-15-29(16-14-22)35(32,33)24-12-11-20-5-3-4-6-23(20)17-24/h7-12,17,22,25H,3-6,13-16,18H2,1-2H3,(H,28,31). The van der Waals surface area contributed by atoms with Gasteiger partial charge < -0.3 is 10.1 Å². The lowest BCUT2D eigenvalue weighted by Gasteiger charge is -2.31. The zero-order chi connectivity index (χ0) is 25.0. The summed E-state index contributed by atoms with van der Waals surface area (Å²) in [5.41, 5.74) is 4.31. The van der Waals surface area contributed by atoms with Crippen molar-refractivity contribution in [3.05, 3.63) is 64.7 Å². The number of amides is 1. The highest BCUT2D eigenvalue weighted by molar-refractivity contribution is 7.89. The van der Waals surface area contributed by atoms with Crippen LogP contribution < -0.4 is 5.32 Å². The molecular formula is C27H34N2O5S. The third kappa shape index (κ3) is 5.93. The van der Waals surface area contributed by atoms with Crippen LogP contribution in [0.1, 0.15) is 60.4 Å². The number of nitrogens with one attached hydrogen (secondary N) is 1. The highest BCUT2D eigenvalue weighted by Crippen LogP contribution is 2.29. The number of aryl methyl sites for hydroxylation is 3. The van der Waals surface area contributed by atoms with Gasteiger partial charge in [-0.1, -0.05) is 35.9 Å². The van der Waals surface area contributed by atoms with E-state index < -0.39 is 22.0 Å². The first-order valence-corrected chi connectivity index (χ1v) is 13.8. The van der Waals surface area contributed by atoms with Crippen molar-refractivity contribution < 1.29 is 22.7 Å². The van der Waals surface area contributed by atoms with E-state index in [1.54, 1.807) is 6.07 Å². The highest BCUT2D eigenvalue weighted by atomic mass is 32.2. The number of piperidine rings is 1. The van der Waals surface area contributed by atoms with E-state index in [9.17, 15) is 18.0 Å². The van der Waals surface area contributed by atoms with Crippen molar-refractivity contribution in [1.82, 2.24) is 9.62 Å². The Hall–Kier alpha value is -2.71. The number of hydrogen-bond acceptors (Lipinski definition) is 5. The molecule has 1 N–H and O–H groups in total. The first-order valence-electron chi connectivity index (χ1n) is 12.3. The van der Waals surface area contributed by atoms with Gasteiger partial charge in [0.25, 0.3) is 0 Å². The van der Waals surface area contributed by atoms with Crippen molar-refractivity contribution in [3.8, 4) is 0 Å². The maximum Gasteiger partial charge on any atom is 0.307 e. The number of sulfonamides is 1. The topological polar surface area (TPSA) is 92.8 Å². The molecule has 2 aromatic carbocycles. The monoisotopic (exact) mass is 498 g/mol. The maximum atomic E-state index is 13.3. The molecule has 1 heterocycles. The van der Waals surface area contributed by atoms with E-state index in [1.807, 2.05) is 43.3 Å². The Balaban J connectivity index is 1.40. The molecule has 0 radical (unpaired) electrons. The van der Waals surface area contributed by atoms with Crippen LogP contribution in [0.2, 0.25) is 0 Å². The number of nitrogens with zero attached hydrogens (tertiary/aromatic N) is 1. The van der Waals surface area contributed by atoms with Gasteiger partial charge >= 0.3 is 5.97 Å². The van der Waals surface area contributed by atoms with Gasteiger partial charge in [0.2, 0.25) is 15.9 Å².